The molecule has 5 atom stereocenters. The van der Waals surface area contributed by atoms with Gasteiger partial charge in [-0.1, -0.05) is 54.6 Å². The second kappa shape index (κ2) is 14.2. The fraction of sp³-hybridized carbons (Fsp3) is 0.200. The van der Waals surface area contributed by atoms with Gasteiger partial charge in [-0.25, -0.2) is 0 Å². The number of aromatic hydroxyl groups is 3. The Labute approximate surface area is 297 Å². The molecule has 5 aromatic carbocycles. The van der Waals surface area contributed by atoms with E-state index < -0.39 is 35.9 Å². The van der Waals surface area contributed by atoms with Crippen molar-refractivity contribution in [2.75, 3.05) is 13.7 Å². The van der Waals surface area contributed by atoms with Crippen LogP contribution in [0.5, 0.6) is 46.0 Å². The summed E-state index contributed by atoms with van der Waals surface area (Å²) in [5.74, 6) is 0.0227. The summed E-state index contributed by atoms with van der Waals surface area (Å²) in [6.45, 7) is -0.349. The number of carbonyl (C=O) groups is 2. The zero-order valence-corrected chi connectivity index (χ0v) is 27.7. The van der Waals surface area contributed by atoms with Crippen LogP contribution in [0.15, 0.2) is 103 Å². The van der Waals surface area contributed by atoms with Gasteiger partial charge in [0.1, 0.15) is 34.7 Å². The van der Waals surface area contributed by atoms with E-state index >= 15 is 0 Å². The molecule has 0 spiro atoms. The van der Waals surface area contributed by atoms with E-state index in [-0.39, 0.29) is 52.8 Å². The van der Waals surface area contributed by atoms with Crippen LogP contribution < -0.4 is 23.7 Å². The number of para-hydroxylation sites is 1. The average molecular weight is 707 g/mol. The van der Waals surface area contributed by atoms with E-state index in [4.69, 9.17) is 23.7 Å². The molecular formula is C40H34O12. The van der Waals surface area contributed by atoms with E-state index in [2.05, 4.69) is 0 Å². The monoisotopic (exact) mass is 706 g/mol. The van der Waals surface area contributed by atoms with Crippen LogP contribution in [0.25, 0.3) is 0 Å². The van der Waals surface area contributed by atoms with E-state index in [9.17, 15) is 35.1 Å². The Morgan fingerprint density at radius 3 is 2.15 bits per heavy atom. The van der Waals surface area contributed by atoms with E-state index in [1.54, 1.807) is 30.3 Å². The third kappa shape index (κ3) is 6.52. The summed E-state index contributed by atoms with van der Waals surface area (Å²) in [6, 6.07) is 28.8. The molecule has 0 fully saturated rings. The van der Waals surface area contributed by atoms with Gasteiger partial charge >= 0.3 is 0 Å². The molecule has 5 aromatic rings. The van der Waals surface area contributed by atoms with Gasteiger partial charge in [-0.3, -0.25) is 9.59 Å². The van der Waals surface area contributed by atoms with Crippen molar-refractivity contribution in [3.63, 3.8) is 0 Å². The van der Waals surface area contributed by atoms with Crippen LogP contribution in [-0.2, 0) is 0 Å². The molecule has 266 valence electrons. The summed E-state index contributed by atoms with van der Waals surface area (Å²) in [6.07, 6.45) is -4.01. The van der Waals surface area contributed by atoms with Crippen LogP contribution in [0.2, 0.25) is 0 Å². The second-order valence-corrected chi connectivity index (χ2v) is 12.3. The first-order valence-electron chi connectivity index (χ1n) is 16.4. The highest BCUT2D eigenvalue weighted by Gasteiger charge is 2.40. The van der Waals surface area contributed by atoms with Gasteiger partial charge in [0.2, 0.25) is 5.78 Å². The van der Waals surface area contributed by atoms with Crippen LogP contribution in [0.1, 0.15) is 62.1 Å². The number of rotatable bonds is 5. The van der Waals surface area contributed by atoms with Gasteiger partial charge in [-0.2, -0.15) is 0 Å². The Hall–Kier alpha value is -6.24. The molecule has 1 unspecified atom stereocenters. The lowest BCUT2D eigenvalue weighted by atomic mass is 9.92. The molecule has 12 heteroatoms. The number of phenols is 3. The van der Waals surface area contributed by atoms with Crippen LogP contribution in [0.4, 0.5) is 0 Å². The van der Waals surface area contributed by atoms with Crippen molar-refractivity contribution in [3.8, 4) is 46.0 Å². The van der Waals surface area contributed by atoms with Crippen molar-refractivity contribution in [2.45, 2.75) is 36.9 Å². The van der Waals surface area contributed by atoms with Crippen molar-refractivity contribution >= 4 is 11.6 Å². The Morgan fingerprint density at radius 2 is 1.38 bits per heavy atom. The number of aliphatic hydroxyl groups excluding tert-OH is 2. The van der Waals surface area contributed by atoms with Gasteiger partial charge in [0, 0.05) is 17.7 Å². The number of ether oxygens (including phenoxy) is 5. The largest absolute Gasteiger partial charge is 0.508 e. The highest BCUT2D eigenvalue weighted by molar-refractivity contribution is 6.05. The predicted molar refractivity (Wildman–Crippen MR) is 185 cm³/mol. The lowest BCUT2D eigenvalue weighted by molar-refractivity contribution is -0.0130. The van der Waals surface area contributed by atoms with Gasteiger partial charge in [0.25, 0.3) is 0 Å². The molecule has 0 aromatic heterocycles. The number of hydrogen-bond donors (Lipinski definition) is 5. The number of ketones is 2. The quantitative estimate of drug-likeness (QED) is 0.149. The van der Waals surface area contributed by atoms with Gasteiger partial charge in [0.05, 0.1) is 25.7 Å². The first-order valence-corrected chi connectivity index (χ1v) is 16.4. The molecule has 0 saturated heterocycles. The number of carbonyl (C=O) groups excluding carboxylic acids is 2. The highest BCUT2D eigenvalue weighted by Crippen LogP contribution is 2.46. The second-order valence-electron chi connectivity index (χ2n) is 12.3. The third-order valence-corrected chi connectivity index (χ3v) is 9.00. The first-order chi connectivity index (χ1) is 25.1. The molecule has 52 heavy (non-hydrogen) atoms. The maximum atomic E-state index is 12.7. The van der Waals surface area contributed by atoms with Crippen LogP contribution >= 0.6 is 0 Å². The SMILES string of the molecule is COc1cc([C@H]2Oc3cc([C@H]4Oc5cc(O)cc(O)c5C(=O)[C@@H]4O)ccc3O[C@@H]2CO)ccc1O.O=C1CC(c2ccccc2)Oc2ccccc21. The maximum Gasteiger partial charge on any atom is 0.202 e. The summed E-state index contributed by atoms with van der Waals surface area (Å²) >= 11 is 0. The standard InChI is InChI=1S/C25H22O10.C15H12O2/c1-32-17-6-11(2-4-14(17)28)24-20(10-26)33-16-5-3-12(7-18(16)34-24)25-23(31)22(30)21-15(29)8-13(27)9-19(21)35-25;16-13-10-15(11-6-2-1-3-7-11)17-14-9-5-4-8-12(13)14/h2-9,20,23-29,31H,10H2,1H3;1-9,15H,10H2/t20-,23+,24-,25-;/m1./s1. The Morgan fingerprint density at radius 1 is 0.673 bits per heavy atom. The van der Waals surface area contributed by atoms with Gasteiger partial charge in [0.15, 0.2) is 53.2 Å². The number of hydrogen-bond acceptors (Lipinski definition) is 12. The Kier molecular flexibility index (Phi) is 9.33. The summed E-state index contributed by atoms with van der Waals surface area (Å²) < 4.78 is 28.9. The van der Waals surface area contributed by atoms with Gasteiger partial charge in [-0.15, -0.1) is 0 Å². The van der Waals surface area contributed by atoms with Crippen LogP contribution in [0.3, 0.4) is 0 Å². The molecule has 0 amide bonds. The third-order valence-electron chi connectivity index (χ3n) is 9.00. The predicted octanol–water partition coefficient (Wildman–Crippen LogP) is 5.76. The number of fused-ring (bicyclic) bond motifs is 3. The summed E-state index contributed by atoms with van der Waals surface area (Å²) in [5, 5.41) is 50.2. The van der Waals surface area contributed by atoms with E-state index in [0.717, 1.165) is 11.6 Å². The molecule has 0 bridgehead atoms. The van der Waals surface area contributed by atoms with E-state index in [1.807, 2.05) is 54.6 Å². The lowest BCUT2D eigenvalue weighted by Crippen LogP contribution is -2.37. The molecule has 5 N–H and O–H groups in total. The number of benzene rings is 5. The minimum Gasteiger partial charge on any atom is -0.508 e. The topological polar surface area (TPSA) is 181 Å². The molecule has 0 radical (unpaired) electrons. The molecule has 3 heterocycles. The fourth-order valence-corrected chi connectivity index (χ4v) is 6.41. The van der Waals surface area contributed by atoms with Crippen molar-refractivity contribution < 1.29 is 58.8 Å². The summed E-state index contributed by atoms with van der Waals surface area (Å²) in [7, 11) is 1.41. The molecule has 0 aliphatic carbocycles. The lowest BCUT2D eigenvalue weighted by Gasteiger charge is -2.35. The average Bonchev–Trinajstić information content (AvgIpc) is 3.16. The molecule has 0 saturated carbocycles. The van der Waals surface area contributed by atoms with Gasteiger partial charge < -0.3 is 49.2 Å². The number of phenolic OH excluding ortho intramolecular Hbond substituents is 3. The minimum absolute atomic E-state index is 0.0540. The summed E-state index contributed by atoms with van der Waals surface area (Å²) in [4.78, 5) is 24.7. The Bertz CT molecular complexity index is 2130. The molecule has 3 aliphatic heterocycles. The highest BCUT2D eigenvalue weighted by atomic mass is 16.6. The smallest absolute Gasteiger partial charge is 0.202 e. The van der Waals surface area contributed by atoms with Crippen molar-refractivity contribution in [2.24, 2.45) is 0 Å². The first kappa shape index (κ1) is 34.2. The Balaban J connectivity index is 0.000000206. The van der Waals surface area contributed by atoms with Gasteiger partial charge in [-0.05, 0) is 47.5 Å². The number of Topliss-reactive ketones (excluding diaryl/α,β-unsaturated/α-hetero) is 2. The summed E-state index contributed by atoms with van der Waals surface area (Å²) in [5.41, 5.74) is 2.50. The minimum atomic E-state index is -1.62. The van der Waals surface area contributed by atoms with Crippen LogP contribution in [0, 0.1) is 0 Å². The fourth-order valence-electron chi connectivity index (χ4n) is 6.41. The van der Waals surface area contributed by atoms with Crippen molar-refractivity contribution in [3.05, 3.63) is 131 Å². The molecule has 3 aliphatic rings. The molecular weight excluding hydrogens is 672 g/mol. The number of methoxy groups -OCH3 is 1. The zero-order chi connectivity index (χ0) is 36.5. The van der Waals surface area contributed by atoms with Crippen LogP contribution in [-0.4, -0.2) is 63.0 Å². The normalized spacial score (nSPS) is 21.3. The van der Waals surface area contributed by atoms with E-state index in [1.165, 1.54) is 19.2 Å². The molecule has 12 nitrogen and oxygen atoms in total. The molecule has 8 rings (SSSR count). The zero-order valence-electron chi connectivity index (χ0n) is 27.7. The number of aliphatic hydroxyl groups is 2. The van der Waals surface area contributed by atoms with E-state index in [0.29, 0.717) is 34.6 Å². The van der Waals surface area contributed by atoms with Crippen molar-refractivity contribution in [1.29, 1.82) is 0 Å². The van der Waals surface area contributed by atoms with Crippen molar-refractivity contribution in [1.82, 2.24) is 0 Å². The maximum absolute atomic E-state index is 12.7.